The van der Waals surface area contributed by atoms with Gasteiger partial charge in [0.05, 0.1) is 6.61 Å². The highest BCUT2D eigenvalue weighted by atomic mass is 16.6. The van der Waals surface area contributed by atoms with Crippen LogP contribution in [-0.4, -0.2) is 46.1 Å². The number of hydrogen-bond donors (Lipinski definition) is 3. The van der Waals surface area contributed by atoms with Crippen LogP contribution in [0.25, 0.3) is 0 Å². The molecule has 3 N–H and O–H groups in total. The third-order valence-corrected chi connectivity index (χ3v) is 9.08. The topological polar surface area (TPSA) is 104 Å². The largest absolute Gasteiger partial charge is 0.479 e. The molecule has 30 heavy (non-hydrogen) atoms. The summed E-state index contributed by atoms with van der Waals surface area (Å²) in [7, 11) is 0. The lowest BCUT2D eigenvalue weighted by Gasteiger charge is -2.61. The molecule has 0 aromatic carbocycles. The van der Waals surface area contributed by atoms with Gasteiger partial charge in [-0.05, 0) is 80.0 Å². The van der Waals surface area contributed by atoms with Crippen LogP contribution in [0, 0.1) is 40.4 Å². The second-order valence-electron chi connectivity index (χ2n) is 11.2. The molecular formula is C24H40O6. The van der Waals surface area contributed by atoms with E-state index in [1.165, 1.54) is 32.1 Å². The predicted molar refractivity (Wildman–Crippen MR) is 113 cm³/mol. The van der Waals surface area contributed by atoms with Crippen molar-refractivity contribution in [2.24, 2.45) is 40.4 Å². The van der Waals surface area contributed by atoms with Crippen LogP contribution >= 0.6 is 0 Å². The molecule has 0 bridgehead atoms. The van der Waals surface area contributed by atoms with E-state index < -0.39 is 24.1 Å². The number of carbonyl (C=O) groups is 2. The maximum atomic E-state index is 12.1. The van der Waals surface area contributed by atoms with Crippen LogP contribution in [-0.2, 0) is 14.3 Å². The predicted octanol–water partition coefficient (Wildman–Crippen LogP) is 3.63. The zero-order valence-electron chi connectivity index (χ0n) is 19.0. The summed E-state index contributed by atoms with van der Waals surface area (Å²) < 4.78 is 5.38. The first kappa shape index (κ1) is 23.5. The third-order valence-electron chi connectivity index (χ3n) is 9.08. The van der Waals surface area contributed by atoms with Gasteiger partial charge in [0.15, 0.2) is 12.2 Å². The Labute approximate surface area is 180 Å². The molecule has 0 saturated heterocycles. The lowest BCUT2D eigenvalue weighted by atomic mass is 9.44. The Morgan fingerprint density at radius 2 is 1.73 bits per heavy atom. The highest BCUT2D eigenvalue weighted by molar-refractivity contribution is 5.84. The summed E-state index contributed by atoms with van der Waals surface area (Å²) in [6.07, 6.45) is 5.38. The highest BCUT2D eigenvalue weighted by Gasteiger charge is 2.57. The summed E-state index contributed by atoms with van der Waals surface area (Å²) in [4.78, 5) is 23.0. The van der Waals surface area contributed by atoms with E-state index in [1.54, 1.807) is 0 Å². The molecule has 3 aliphatic carbocycles. The van der Waals surface area contributed by atoms with Crippen molar-refractivity contribution in [2.75, 3.05) is 6.61 Å². The smallest absolute Gasteiger partial charge is 0.338 e. The first-order valence-electron chi connectivity index (χ1n) is 11.7. The van der Waals surface area contributed by atoms with E-state index in [0.29, 0.717) is 5.92 Å². The molecule has 6 nitrogen and oxygen atoms in total. The van der Waals surface area contributed by atoms with E-state index in [2.05, 4.69) is 27.7 Å². The van der Waals surface area contributed by atoms with E-state index in [1.807, 2.05) is 0 Å². The second-order valence-corrected chi connectivity index (χ2v) is 11.2. The maximum absolute atomic E-state index is 12.1. The van der Waals surface area contributed by atoms with Gasteiger partial charge in [-0.25, -0.2) is 9.59 Å². The van der Waals surface area contributed by atoms with Crippen molar-refractivity contribution in [1.82, 2.24) is 0 Å². The molecule has 3 aliphatic rings. The Morgan fingerprint density at radius 3 is 2.37 bits per heavy atom. The molecule has 0 heterocycles. The summed E-state index contributed by atoms with van der Waals surface area (Å²) in [6, 6.07) is 0. The van der Waals surface area contributed by atoms with Crippen LogP contribution in [0.3, 0.4) is 0 Å². The lowest BCUT2D eigenvalue weighted by molar-refractivity contribution is -0.180. The molecular weight excluding hydrogens is 384 g/mol. The van der Waals surface area contributed by atoms with E-state index >= 15 is 0 Å². The summed E-state index contributed by atoms with van der Waals surface area (Å²) >= 11 is 0. The van der Waals surface area contributed by atoms with Crippen molar-refractivity contribution in [3.63, 3.8) is 0 Å². The number of aliphatic carboxylic acids is 1. The SMILES string of the molecule is CC(C)C1CCC2C(CCC3C(C)(COC(=O)[C@H](O)[C@@H](O)C(=O)O)CCCC23C)C1. The Balaban J connectivity index is 1.69. The Kier molecular flexibility index (Phi) is 6.88. The van der Waals surface area contributed by atoms with Crippen LogP contribution in [0.15, 0.2) is 0 Å². The zero-order chi connectivity index (χ0) is 22.3. The van der Waals surface area contributed by atoms with Crippen LogP contribution in [0.5, 0.6) is 0 Å². The number of aliphatic hydroxyl groups is 2. The van der Waals surface area contributed by atoms with E-state index in [0.717, 1.165) is 42.9 Å². The van der Waals surface area contributed by atoms with E-state index in [4.69, 9.17) is 9.84 Å². The Bertz CT molecular complexity index is 648. The van der Waals surface area contributed by atoms with Gasteiger partial charge in [0.25, 0.3) is 0 Å². The molecule has 8 atom stereocenters. The average Bonchev–Trinajstić information content (AvgIpc) is 2.70. The van der Waals surface area contributed by atoms with Crippen LogP contribution in [0.2, 0.25) is 0 Å². The molecule has 0 radical (unpaired) electrons. The lowest BCUT2D eigenvalue weighted by Crippen LogP contribution is -2.55. The molecule has 0 aromatic heterocycles. The standard InChI is InChI=1S/C24H40O6/c1-14(2)15-6-8-17-16(12-15)7-9-18-23(3,10-5-11-24(17,18)4)13-30-22(29)20(26)19(25)21(27)28/h14-20,25-26H,5-13H2,1-4H3,(H,27,28)/t15?,16?,17?,18?,19-,20-,23?,24?/m1/s1. The number of hydrogen-bond acceptors (Lipinski definition) is 5. The fourth-order valence-corrected chi connectivity index (χ4v) is 7.37. The second kappa shape index (κ2) is 8.78. The van der Waals surface area contributed by atoms with Crippen molar-refractivity contribution in [2.45, 2.75) is 91.3 Å². The van der Waals surface area contributed by atoms with Crippen molar-refractivity contribution < 1.29 is 29.6 Å². The number of rotatable bonds is 6. The number of fused-ring (bicyclic) bond motifs is 3. The van der Waals surface area contributed by atoms with E-state index in [9.17, 15) is 19.8 Å². The summed E-state index contributed by atoms with van der Waals surface area (Å²) in [5, 5.41) is 28.0. The minimum atomic E-state index is -2.16. The molecule has 6 unspecified atom stereocenters. The summed E-state index contributed by atoms with van der Waals surface area (Å²) in [6.45, 7) is 9.50. The quantitative estimate of drug-likeness (QED) is 0.563. The van der Waals surface area contributed by atoms with Gasteiger partial charge < -0.3 is 20.1 Å². The number of carbonyl (C=O) groups excluding carboxylic acids is 1. The first-order chi connectivity index (χ1) is 14.0. The summed E-state index contributed by atoms with van der Waals surface area (Å²) in [5.41, 5.74) is 0.0554. The molecule has 0 aromatic rings. The molecule has 6 heteroatoms. The Hall–Kier alpha value is -1.14. The Morgan fingerprint density at radius 1 is 1.03 bits per heavy atom. The molecule has 0 spiro atoms. The van der Waals surface area contributed by atoms with Crippen molar-refractivity contribution in [3.8, 4) is 0 Å². The van der Waals surface area contributed by atoms with Crippen molar-refractivity contribution >= 4 is 11.9 Å². The maximum Gasteiger partial charge on any atom is 0.338 e. The van der Waals surface area contributed by atoms with Gasteiger partial charge in [0.2, 0.25) is 0 Å². The zero-order valence-corrected chi connectivity index (χ0v) is 19.0. The van der Waals surface area contributed by atoms with Gasteiger partial charge in [-0.3, -0.25) is 0 Å². The van der Waals surface area contributed by atoms with Crippen LogP contribution in [0.1, 0.15) is 79.1 Å². The van der Waals surface area contributed by atoms with Gasteiger partial charge in [0, 0.05) is 5.41 Å². The molecule has 0 amide bonds. The normalized spacial score (nSPS) is 40.8. The molecule has 3 fully saturated rings. The number of ether oxygens (including phenoxy) is 1. The molecule has 3 saturated carbocycles. The number of carboxylic acids is 1. The van der Waals surface area contributed by atoms with Gasteiger partial charge in [-0.2, -0.15) is 0 Å². The average molecular weight is 425 g/mol. The van der Waals surface area contributed by atoms with Crippen molar-refractivity contribution in [1.29, 1.82) is 0 Å². The van der Waals surface area contributed by atoms with Crippen LogP contribution in [0.4, 0.5) is 0 Å². The fourth-order valence-electron chi connectivity index (χ4n) is 7.37. The van der Waals surface area contributed by atoms with E-state index in [-0.39, 0.29) is 17.4 Å². The van der Waals surface area contributed by atoms with Gasteiger partial charge in [-0.15, -0.1) is 0 Å². The highest BCUT2D eigenvalue weighted by Crippen LogP contribution is 2.64. The molecule has 0 aliphatic heterocycles. The minimum Gasteiger partial charge on any atom is -0.479 e. The number of aliphatic hydroxyl groups excluding tert-OH is 2. The van der Waals surface area contributed by atoms with Gasteiger partial charge in [0.1, 0.15) is 0 Å². The van der Waals surface area contributed by atoms with Gasteiger partial charge >= 0.3 is 11.9 Å². The fraction of sp³-hybridized carbons (Fsp3) is 0.917. The number of esters is 1. The minimum absolute atomic E-state index is 0.168. The first-order valence-corrected chi connectivity index (χ1v) is 11.7. The van der Waals surface area contributed by atoms with Crippen LogP contribution < -0.4 is 0 Å². The number of carboxylic acid groups (broad SMARTS) is 1. The summed E-state index contributed by atoms with van der Waals surface area (Å²) in [5.74, 6) is 0.871. The molecule has 172 valence electrons. The third kappa shape index (κ3) is 4.27. The van der Waals surface area contributed by atoms with Crippen molar-refractivity contribution in [3.05, 3.63) is 0 Å². The monoisotopic (exact) mass is 424 g/mol. The molecule has 3 rings (SSSR count). The van der Waals surface area contributed by atoms with Gasteiger partial charge in [-0.1, -0.05) is 34.1 Å².